The molecule has 0 heterocycles. The van der Waals surface area contributed by atoms with Gasteiger partial charge in [-0.1, -0.05) is 0 Å². The molecule has 0 aliphatic rings. The maximum atomic E-state index is 11.0. The van der Waals surface area contributed by atoms with E-state index in [4.69, 9.17) is 4.74 Å². The van der Waals surface area contributed by atoms with Crippen LogP contribution in [0.4, 0.5) is 4.79 Å². The number of carbonyl (C=O) groups is 2. The molecule has 0 aromatic heterocycles. The zero-order chi connectivity index (χ0) is 11.2. The molecule has 0 aromatic carbocycles. The Labute approximate surface area is 83.5 Å². The zero-order valence-corrected chi connectivity index (χ0v) is 8.96. The van der Waals surface area contributed by atoms with Gasteiger partial charge in [0.2, 0.25) is 0 Å². The summed E-state index contributed by atoms with van der Waals surface area (Å²) in [6, 6.07) is 0. The number of hydrogen-bond acceptors (Lipinski definition) is 3. The summed E-state index contributed by atoms with van der Waals surface area (Å²) >= 11 is 0. The lowest BCUT2D eigenvalue weighted by Crippen LogP contribution is -2.35. The third-order valence-electron chi connectivity index (χ3n) is 1.06. The van der Waals surface area contributed by atoms with Gasteiger partial charge in [0.05, 0.1) is 0 Å². The van der Waals surface area contributed by atoms with Crippen LogP contribution in [0.25, 0.3) is 0 Å². The van der Waals surface area contributed by atoms with Crippen LogP contribution in [0.15, 0.2) is 4.99 Å². The Morgan fingerprint density at radius 3 is 2.43 bits per heavy atom. The van der Waals surface area contributed by atoms with E-state index in [-0.39, 0.29) is 6.54 Å². The molecule has 80 valence electrons. The van der Waals surface area contributed by atoms with Crippen LogP contribution in [-0.2, 0) is 9.53 Å². The first-order valence-corrected chi connectivity index (χ1v) is 4.33. The minimum Gasteiger partial charge on any atom is -0.444 e. The fourth-order valence-corrected chi connectivity index (χ4v) is 0.652. The van der Waals surface area contributed by atoms with Gasteiger partial charge in [-0.3, -0.25) is 4.79 Å². The van der Waals surface area contributed by atoms with Crippen molar-refractivity contribution in [2.24, 2.45) is 4.99 Å². The van der Waals surface area contributed by atoms with Crippen molar-refractivity contribution in [3.05, 3.63) is 0 Å². The van der Waals surface area contributed by atoms with Gasteiger partial charge >= 0.3 is 6.09 Å². The van der Waals surface area contributed by atoms with E-state index in [0.29, 0.717) is 0 Å². The molecule has 0 atom stereocenters. The SMILES string of the molecule is CC=NC(=O)CNC(=O)OC(C)(C)C. The molecule has 0 saturated heterocycles. The Kier molecular flexibility index (Phi) is 4.83. The summed E-state index contributed by atoms with van der Waals surface area (Å²) in [6.45, 7) is 6.74. The van der Waals surface area contributed by atoms with Crippen molar-refractivity contribution in [2.45, 2.75) is 33.3 Å². The van der Waals surface area contributed by atoms with Gasteiger partial charge in [0, 0.05) is 6.21 Å². The average Bonchev–Trinajstić information content (AvgIpc) is 1.98. The number of alkyl carbamates (subject to hydrolysis) is 1. The maximum absolute atomic E-state index is 11.0. The molecule has 0 aliphatic heterocycles. The number of aliphatic imine (C=N–C) groups is 1. The minimum absolute atomic E-state index is 0.140. The summed E-state index contributed by atoms with van der Waals surface area (Å²) in [7, 11) is 0. The standard InChI is InChI=1S/C9H16N2O3/c1-5-10-7(12)6-11-8(13)14-9(2,3)4/h5H,6H2,1-4H3,(H,11,13). The van der Waals surface area contributed by atoms with Crippen molar-refractivity contribution < 1.29 is 14.3 Å². The first-order valence-electron chi connectivity index (χ1n) is 4.33. The molecule has 0 aliphatic carbocycles. The van der Waals surface area contributed by atoms with E-state index in [1.54, 1.807) is 27.7 Å². The quantitative estimate of drug-likeness (QED) is 0.679. The fraction of sp³-hybridized carbons (Fsp3) is 0.667. The molecule has 14 heavy (non-hydrogen) atoms. The lowest BCUT2D eigenvalue weighted by atomic mass is 10.2. The van der Waals surface area contributed by atoms with Gasteiger partial charge in [-0.25, -0.2) is 9.79 Å². The fourth-order valence-electron chi connectivity index (χ4n) is 0.652. The number of ether oxygens (including phenoxy) is 1. The second-order valence-corrected chi connectivity index (χ2v) is 3.64. The average molecular weight is 200 g/mol. The zero-order valence-electron chi connectivity index (χ0n) is 8.96. The lowest BCUT2D eigenvalue weighted by Gasteiger charge is -2.19. The molecule has 0 saturated carbocycles. The van der Waals surface area contributed by atoms with Crippen LogP contribution in [0.5, 0.6) is 0 Å². The van der Waals surface area contributed by atoms with E-state index in [1.807, 2.05) is 0 Å². The van der Waals surface area contributed by atoms with E-state index in [1.165, 1.54) is 6.21 Å². The van der Waals surface area contributed by atoms with Gasteiger partial charge in [0.15, 0.2) is 0 Å². The highest BCUT2D eigenvalue weighted by Gasteiger charge is 2.16. The summed E-state index contributed by atoms with van der Waals surface area (Å²) in [4.78, 5) is 25.3. The Bertz CT molecular complexity index is 241. The van der Waals surface area contributed by atoms with Gasteiger partial charge < -0.3 is 10.1 Å². The van der Waals surface area contributed by atoms with Crippen LogP contribution in [0.3, 0.4) is 0 Å². The minimum atomic E-state index is -0.614. The number of rotatable bonds is 2. The lowest BCUT2D eigenvalue weighted by molar-refractivity contribution is -0.117. The van der Waals surface area contributed by atoms with Crippen LogP contribution < -0.4 is 5.32 Å². The van der Waals surface area contributed by atoms with Crippen LogP contribution >= 0.6 is 0 Å². The molecule has 0 unspecified atom stereocenters. The Morgan fingerprint density at radius 2 is 2.00 bits per heavy atom. The number of carbonyl (C=O) groups excluding carboxylic acids is 2. The predicted octanol–water partition coefficient (Wildman–Crippen LogP) is 1.13. The van der Waals surface area contributed by atoms with Gasteiger partial charge in [-0.15, -0.1) is 0 Å². The van der Waals surface area contributed by atoms with Gasteiger partial charge in [-0.2, -0.15) is 0 Å². The molecule has 0 aromatic rings. The number of hydrogen-bond donors (Lipinski definition) is 1. The van der Waals surface area contributed by atoms with Crippen molar-refractivity contribution in [3.63, 3.8) is 0 Å². The third kappa shape index (κ3) is 7.27. The second kappa shape index (κ2) is 5.36. The van der Waals surface area contributed by atoms with Crippen LogP contribution in [0, 0.1) is 0 Å². The molecule has 2 amide bonds. The Hall–Kier alpha value is -1.39. The molecule has 0 fully saturated rings. The van der Waals surface area contributed by atoms with Crippen molar-refractivity contribution >= 4 is 18.2 Å². The highest BCUT2D eigenvalue weighted by atomic mass is 16.6. The number of amides is 2. The van der Waals surface area contributed by atoms with E-state index >= 15 is 0 Å². The molecule has 1 N–H and O–H groups in total. The maximum Gasteiger partial charge on any atom is 0.408 e. The first kappa shape index (κ1) is 12.6. The topological polar surface area (TPSA) is 67.8 Å². The largest absolute Gasteiger partial charge is 0.444 e. The monoisotopic (exact) mass is 200 g/mol. The Balaban J connectivity index is 3.81. The highest BCUT2D eigenvalue weighted by molar-refractivity contribution is 5.87. The summed E-state index contributed by atoms with van der Waals surface area (Å²) < 4.78 is 4.91. The summed E-state index contributed by atoms with van der Waals surface area (Å²) in [5.74, 6) is -0.404. The number of nitrogens with one attached hydrogen (secondary N) is 1. The summed E-state index contributed by atoms with van der Waals surface area (Å²) in [5.41, 5.74) is -0.554. The van der Waals surface area contributed by atoms with Crippen LogP contribution in [-0.4, -0.2) is 30.4 Å². The highest BCUT2D eigenvalue weighted by Crippen LogP contribution is 2.05. The molecular weight excluding hydrogens is 184 g/mol. The van der Waals surface area contributed by atoms with Crippen molar-refractivity contribution in [1.29, 1.82) is 0 Å². The smallest absolute Gasteiger partial charge is 0.408 e. The van der Waals surface area contributed by atoms with Gasteiger partial charge in [0.1, 0.15) is 12.1 Å². The van der Waals surface area contributed by atoms with E-state index < -0.39 is 17.6 Å². The summed E-state index contributed by atoms with van der Waals surface area (Å²) in [5, 5.41) is 2.30. The predicted molar refractivity (Wildman–Crippen MR) is 53.4 cm³/mol. The molecule has 0 spiro atoms. The molecule has 5 nitrogen and oxygen atoms in total. The molecule has 0 bridgehead atoms. The molecule has 0 radical (unpaired) electrons. The first-order chi connectivity index (χ1) is 6.35. The van der Waals surface area contributed by atoms with Crippen molar-refractivity contribution in [2.75, 3.05) is 6.54 Å². The normalized spacial score (nSPS) is 11.4. The second-order valence-electron chi connectivity index (χ2n) is 3.64. The summed E-state index contributed by atoms with van der Waals surface area (Å²) in [6.07, 6.45) is 0.760. The molecular formula is C9H16N2O3. The molecule has 0 rings (SSSR count). The van der Waals surface area contributed by atoms with Gasteiger partial charge in [-0.05, 0) is 27.7 Å². The number of nitrogens with zero attached hydrogens (tertiary/aromatic N) is 1. The van der Waals surface area contributed by atoms with Crippen LogP contribution in [0.2, 0.25) is 0 Å². The van der Waals surface area contributed by atoms with E-state index in [0.717, 1.165) is 0 Å². The molecule has 5 heteroatoms. The van der Waals surface area contributed by atoms with E-state index in [9.17, 15) is 9.59 Å². The van der Waals surface area contributed by atoms with Crippen molar-refractivity contribution in [3.8, 4) is 0 Å². The van der Waals surface area contributed by atoms with Crippen molar-refractivity contribution in [1.82, 2.24) is 5.32 Å². The van der Waals surface area contributed by atoms with Crippen LogP contribution in [0.1, 0.15) is 27.7 Å². The van der Waals surface area contributed by atoms with Gasteiger partial charge in [0.25, 0.3) is 5.91 Å². The van der Waals surface area contributed by atoms with E-state index in [2.05, 4.69) is 10.3 Å². The third-order valence-corrected chi connectivity index (χ3v) is 1.06. The Morgan fingerprint density at radius 1 is 1.43 bits per heavy atom.